The van der Waals surface area contributed by atoms with E-state index in [9.17, 15) is 14.9 Å². The van der Waals surface area contributed by atoms with Crippen LogP contribution in [0, 0.1) is 31.2 Å². The Labute approximate surface area is 174 Å². The average Bonchev–Trinajstić information content (AvgIpc) is 3.55. The molecule has 2 amide bonds. The molecule has 0 atom stereocenters. The molecule has 1 heterocycles. The van der Waals surface area contributed by atoms with E-state index in [1.807, 2.05) is 44.3 Å². The SMILES string of the molecule is Cc1[nH]c2c(NC=O)ccc(-c3cccc(N(C#N)C(=O)C4CC4)c3CN)c2c1C. The van der Waals surface area contributed by atoms with Crippen LogP contribution >= 0.6 is 0 Å². The Morgan fingerprint density at radius 1 is 1.30 bits per heavy atom. The number of hydrogen-bond acceptors (Lipinski definition) is 4. The molecule has 0 bridgehead atoms. The third-order valence-corrected chi connectivity index (χ3v) is 5.80. The zero-order valence-corrected chi connectivity index (χ0v) is 17.0. The third kappa shape index (κ3) is 3.11. The van der Waals surface area contributed by atoms with Crippen LogP contribution in [0.25, 0.3) is 22.0 Å². The highest BCUT2D eigenvalue weighted by Crippen LogP contribution is 2.41. The number of nitriles is 1. The maximum atomic E-state index is 12.7. The molecule has 0 aliphatic heterocycles. The van der Waals surface area contributed by atoms with Crippen molar-refractivity contribution in [2.24, 2.45) is 11.7 Å². The van der Waals surface area contributed by atoms with Gasteiger partial charge in [0.1, 0.15) is 0 Å². The molecule has 152 valence electrons. The number of aromatic nitrogens is 1. The maximum Gasteiger partial charge on any atom is 0.243 e. The topological polar surface area (TPSA) is 115 Å². The summed E-state index contributed by atoms with van der Waals surface area (Å²) < 4.78 is 0. The van der Waals surface area contributed by atoms with Gasteiger partial charge in [-0.05, 0) is 61.1 Å². The molecule has 0 saturated heterocycles. The minimum atomic E-state index is -0.173. The van der Waals surface area contributed by atoms with Gasteiger partial charge in [-0.3, -0.25) is 9.59 Å². The number of carbonyl (C=O) groups excluding carboxylic acids is 2. The molecular formula is C23H23N5O2. The second kappa shape index (κ2) is 7.65. The number of rotatable bonds is 6. The summed E-state index contributed by atoms with van der Waals surface area (Å²) in [4.78, 5) is 28.2. The van der Waals surface area contributed by atoms with Crippen LogP contribution in [-0.2, 0) is 16.1 Å². The summed E-state index contributed by atoms with van der Waals surface area (Å²) in [6.45, 7) is 4.18. The van der Waals surface area contributed by atoms with Gasteiger partial charge in [0.25, 0.3) is 0 Å². The Morgan fingerprint density at radius 3 is 2.70 bits per heavy atom. The molecule has 0 unspecified atom stereocenters. The third-order valence-electron chi connectivity index (χ3n) is 5.80. The lowest BCUT2D eigenvalue weighted by molar-refractivity contribution is -0.119. The summed E-state index contributed by atoms with van der Waals surface area (Å²) in [7, 11) is 0. The zero-order chi connectivity index (χ0) is 21.4. The van der Waals surface area contributed by atoms with Crippen molar-refractivity contribution >= 4 is 34.6 Å². The highest BCUT2D eigenvalue weighted by molar-refractivity contribution is 6.07. The number of hydrogen-bond donors (Lipinski definition) is 3. The Bertz CT molecular complexity index is 1200. The van der Waals surface area contributed by atoms with Crippen molar-refractivity contribution in [2.75, 3.05) is 10.2 Å². The standard InChI is InChI=1S/C23H23N5O2/c1-13-14(2)27-22-19(26-12-29)9-8-17(21(13)22)16-4-3-5-20(18(16)10-24)28(11-25)23(30)15-6-7-15/h3-5,8-9,12,15,27H,6-7,10,24H2,1-2H3,(H,26,29). The van der Waals surface area contributed by atoms with Crippen molar-refractivity contribution in [3.63, 3.8) is 0 Å². The van der Waals surface area contributed by atoms with Gasteiger partial charge in [-0.2, -0.15) is 5.26 Å². The van der Waals surface area contributed by atoms with Crippen LogP contribution in [0.15, 0.2) is 30.3 Å². The Kier molecular flexibility index (Phi) is 5.02. The molecule has 0 radical (unpaired) electrons. The van der Waals surface area contributed by atoms with Gasteiger partial charge in [-0.25, -0.2) is 4.90 Å². The van der Waals surface area contributed by atoms with E-state index in [0.29, 0.717) is 17.8 Å². The summed E-state index contributed by atoms with van der Waals surface area (Å²) in [6, 6.07) is 9.33. The molecule has 0 spiro atoms. The number of benzene rings is 2. The van der Waals surface area contributed by atoms with Gasteiger partial charge >= 0.3 is 0 Å². The quantitative estimate of drug-likeness (QED) is 0.332. The van der Waals surface area contributed by atoms with Crippen LogP contribution < -0.4 is 16.0 Å². The van der Waals surface area contributed by atoms with Gasteiger partial charge in [-0.15, -0.1) is 0 Å². The molecule has 1 aliphatic carbocycles. The number of nitrogens with zero attached hydrogens (tertiary/aromatic N) is 2. The summed E-state index contributed by atoms with van der Waals surface area (Å²) in [5.74, 6) is -0.248. The fraction of sp³-hybridized carbons (Fsp3) is 0.261. The minimum absolute atomic E-state index is 0.0751. The van der Waals surface area contributed by atoms with Gasteiger partial charge in [0.15, 0.2) is 6.19 Å². The first kappa shape index (κ1) is 19.7. The number of carbonyl (C=O) groups is 2. The number of nitrogens with two attached hydrogens (primary N) is 1. The molecule has 1 saturated carbocycles. The first-order chi connectivity index (χ1) is 14.5. The van der Waals surface area contributed by atoms with E-state index in [4.69, 9.17) is 5.73 Å². The number of H-pyrrole nitrogens is 1. The Balaban J connectivity index is 1.95. The first-order valence-corrected chi connectivity index (χ1v) is 9.89. The van der Waals surface area contributed by atoms with E-state index in [1.165, 1.54) is 4.90 Å². The fourth-order valence-electron chi connectivity index (χ4n) is 3.98. The van der Waals surface area contributed by atoms with E-state index >= 15 is 0 Å². The number of anilines is 2. The number of nitrogens with one attached hydrogen (secondary N) is 2. The number of fused-ring (bicyclic) bond motifs is 1. The molecule has 7 nitrogen and oxygen atoms in total. The molecule has 1 aromatic heterocycles. The monoisotopic (exact) mass is 401 g/mol. The normalized spacial score (nSPS) is 13.1. The molecule has 1 fully saturated rings. The fourth-order valence-corrected chi connectivity index (χ4v) is 3.98. The predicted octanol–water partition coefficient (Wildman–Crippen LogP) is 3.70. The van der Waals surface area contributed by atoms with Gasteiger partial charge in [0.2, 0.25) is 12.3 Å². The van der Waals surface area contributed by atoms with Crippen molar-refractivity contribution in [2.45, 2.75) is 33.2 Å². The van der Waals surface area contributed by atoms with Crippen molar-refractivity contribution in [1.82, 2.24) is 4.98 Å². The smallest absolute Gasteiger partial charge is 0.243 e. The molecule has 30 heavy (non-hydrogen) atoms. The summed E-state index contributed by atoms with van der Waals surface area (Å²) >= 11 is 0. The van der Waals surface area contributed by atoms with Crippen LogP contribution in [0.3, 0.4) is 0 Å². The molecular weight excluding hydrogens is 378 g/mol. The van der Waals surface area contributed by atoms with E-state index in [0.717, 1.165) is 51.7 Å². The number of amides is 2. The van der Waals surface area contributed by atoms with Gasteiger partial charge < -0.3 is 16.0 Å². The average molecular weight is 401 g/mol. The highest BCUT2D eigenvalue weighted by Gasteiger charge is 2.35. The van der Waals surface area contributed by atoms with E-state index in [-0.39, 0.29) is 18.4 Å². The van der Waals surface area contributed by atoms with E-state index < -0.39 is 0 Å². The number of aromatic amines is 1. The maximum absolute atomic E-state index is 12.7. The molecule has 3 aromatic rings. The van der Waals surface area contributed by atoms with Gasteiger partial charge in [0, 0.05) is 23.5 Å². The molecule has 1 aliphatic rings. The largest absolute Gasteiger partial charge is 0.357 e. The van der Waals surface area contributed by atoms with Crippen molar-refractivity contribution in [3.8, 4) is 17.3 Å². The number of aryl methyl sites for hydroxylation is 2. The van der Waals surface area contributed by atoms with Crippen molar-refractivity contribution in [1.29, 1.82) is 5.26 Å². The second-order valence-corrected chi connectivity index (χ2v) is 7.60. The molecule has 7 heteroatoms. The van der Waals surface area contributed by atoms with Gasteiger partial charge in [0.05, 0.1) is 16.9 Å². The van der Waals surface area contributed by atoms with E-state index in [1.54, 1.807) is 6.07 Å². The molecule has 2 aromatic carbocycles. The minimum Gasteiger partial charge on any atom is -0.357 e. The summed E-state index contributed by atoms with van der Waals surface area (Å²) in [5, 5.41) is 13.4. The van der Waals surface area contributed by atoms with Crippen molar-refractivity contribution < 1.29 is 9.59 Å². The van der Waals surface area contributed by atoms with Gasteiger partial charge in [-0.1, -0.05) is 18.2 Å². The van der Waals surface area contributed by atoms with E-state index in [2.05, 4.69) is 10.3 Å². The lowest BCUT2D eigenvalue weighted by Gasteiger charge is -2.20. The zero-order valence-electron chi connectivity index (χ0n) is 17.0. The second-order valence-electron chi connectivity index (χ2n) is 7.60. The predicted molar refractivity (Wildman–Crippen MR) is 117 cm³/mol. The van der Waals surface area contributed by atoms with Crippen LogP contribution in [0.4, 0.5) is 11.4 Å². The lowest BCUT2D eigenvalue weighted by Crippen LogP contribution is -2.28. The van der Waals surface area contributed by atoms with Crippen molar-refractivity contribution in [3.05, 3.63) is 47.2 Å². The molecule has 4 N–H and O–H groups in total. The first-order valence-electron chi connectivity index (χ1n) is 9.89. The van der Waals surface area contributed by atoms with Crippen LogP contribution in [-0.4, -0.2) is 17.3 Å². The highest BCUT2D eigenvalue weighted by atomic mass is 16.2. The Morgan fingerprint density at radius 2 is 2.07 bits per heavy atom. The van der Waals surface area contributed by atoms with Crippen LogP contribution in [0.1, 0.15) is 29.7 Å². The van der Waals surface area contributed by atoms with Crippen LogP contribution in [0.5, 0.6) is 0 Å². The lowest BCUT2D eigenvalue weighted by atomic mass is 9.93. The van der Waals surface area contributed by atoms with Crippen LogP contribution in [0.2, 0.25) is 0 Å². The molecule has 4 rings (SSSR count). The summed E-state index contributed by atoms with van der Waals surface area (Å²) in [5.41, 5.74) is 12.8. The summed E-state index contributed by atoms with van der Waals surface area (Å²) in [6.07, 6.45) is 4.34. The Hall–Kier alpha value is -3.63.